The fraction of sp³-hybridized carbons (Fsp3) is 0.429. The standard InChI is InChI=1S/C14H17FSi/c1-9-6-11-7-10-4-5-12(15)8-13(10)16(2,3)14(9)11/h4-5,7-9,14H,6H2,1-3H3. The van der Waals surface area contributed by atoms with Crippen molar-refractivity contribution in [2.75, 3.05) is 0 Å². The molecule has 0 aromatic heterocycles. The van der Waals surface area contributed by atoms with Crippen LogP contribution < -0.4 is 5.19 Å². The number of hydrogen-bond acceptors (Lipinski definition) is 0. The van der Waals surface area contributed by atoms with Crippen LogP contribution in [-0.2, 0) is 0 Å². The fourth-order valence-electron chi connectivity index (χ4n) is 3.72. The third kappa shape index (κ3) is 1.19. The van der Waals surface area contributed by atoms with Crippen molar-refractivity contribution in [3.63, 3.8) is 0 Å². The molecular weight excluding hydrogens is 215 g/mol. The van der Waals surface area contributed by atoms with Gasteiger partial charge < -0.3 is 0 Å². The molecule has 1 heterocycles. The molecule has 0 spiro atoms. The Morgan fingerprint density at radius 3 is 2.75 bits per heavy atom. The van der Waals surface area contributed by atoms with Crippen molar-refractivity contribution in [2.45, 2.75) is 32.0 Å². The van der Waals surface area contributed by atoms with E-state index in [0.29, 0.717) is 0 Å². The maximum atomic E-state index is 13.4. The van der Waals surface area contributed by atoms with Crippen molar-refractivity contribution in [1.29, 1.82) is 0 Å². The summed E-state index contributed by atoms with van der Waals surface area (Å²) in [5, 5.41) is 1.31. The highest BCUT2D eigenvalue weighted by Gasteiger charge is 2.48. The number of fused-ring (bicyclic) bond motifs is 2. The van der Waals surface area contributed by atoms with E-state index in [4.69, 9.17) is 0 Å². The normalized spacial score (nSPS) is 29.9. The first kappa shape index (κ1) is 10.3. The lowest BCUT2D eigenvalue weighted by molar-refractivity contribution is 0.451. The summed E-state index contributed by atoms with van der Waals surface area (Å²) < 4.78 is 13.4. The highest BCUT2D eigenvalue weighted by atomic mass is 28.3. The molecule has 0 radical (unpaired) electrons. The SMILES string of the molecule is CC1CC2=Cc3ccc(F)cc3[Si](C)(C)C21. The molecule has 0 bridgehead atoms. The molecule has 1 saturated carbocycles. The summed E-state index contributed by atoms with van der Waals surface area (Å²) >= 11 is 0. The van der Waals surface area contributed by atoms with Gasteiger partial charge in [0.1, 0.15) is 5.82 Å². The Labute approximate surface area is 97.2 Å². The van der Waals surface area contributed by atoms with E-state index in [0.717, 1.165) is 11.5 Å². The monoisotopic (exact) mass is 232 g/mol. The van der Waals surface area contributed by atoms with Crippen LogP contribution in [0.25, 0.3) is 6.08 Å². The summed E-state index contributed by atoms with van der Waals surface area (Å²) in [5.74, 6) is 0.715. The van der Waals surface area contributed by atoms with Gasteiger partial charge >= 0.3 is 0 Å². The van der Waals surface area contributed by atoms with Crippen molar-refractivity contribution < 1.29 is 4.39 Å². The largest absolute Gasteiger partial charge is 0.207 e. The summed E-state index contributed by atoms with van der Waals surface area (Å²) in [6.07, 6.45) is 3.55. The molecule has 2 atom stereocenters. The topological polar surface area (TPSA) is 0 Å². The van der Waals surface area contributed by atoms with E-state index in [1.54, 1.807) is 17.7 Å². The van der Waals surface area contributed by atoms with Crippen LogP contribution in [0.5, 0.6) is 0 Å². The summed E-state index contributed by atoms with van der Waals surface area (Å²) in [5.41, 5.74) is 3.64. The Hall–Kier alpha value is -0.893. The molecule has 0 nitrogen and oxygen atoms in total. The first-order valence-electron chi connectivity index (χ1n) is 6.00. The van der Waals surface area contributed by atoms with E-state index >= 15 is 0 Å². The zero-order chi connectivity index (χ0) is 11.5. The van der Waals surface area contributed by atoms with Gasteiger partial charge in [0, 0.05) is 0 Å². The fourth-order valence-corrected chi connectivity index (χ4v) is 8.14. The van der Waals surface area contributed by atoms with Crippen LogP contribution >= 0.6 is 0 Å². The number of benzene rings is 1. The molecule has 1 aromatic rings. The first-order valence-corrected chi connectivity index (χ1v) is 9.08. The van der Waals surface area contributed by atoms with Gasteiger partial charge in [0.2, 0.25) is 0 Å². The maximum absolute atomic E-state index is 13.4. The zero-order valence-corrected chi connectivity index (χ0v) is 11.0. The van der Waals surface area contributed by atoms with Crippen LogP contribution in [0, 0.1) is 11.7 Å². The number of allylic oxidation sites excluding steroid dienone is 1. The predicted molar refractivity (Wildman–Crippen MR) is 69.0 cm³/mol. The predicted octanol–water partition coefficient (Wildman–Crippen LogP) is 3.55. The molecule has 1 aliphatic heterocycles. The zero-order valence-electron chi connectivity index (χ0n) is 10.0. The van der Waals surface area contributed by atoms with Gasteiger partial charge in [-0.25, -0.2) is 4.39 Å². The van der Waals surface area contributed by atoms with Gasteiger partial charge in [0.15, 0.2) is 0 Å². The third-order valence-electron chi connectivity index (χ3n) is 4.35. The summed E-state index contributed by atoms with van der Waals surface area (Å²) in [4.78, 5) is 0. The van der Waals surface area contributed by atoms with Gasteiger partial charge in [-0.3, -0.25) is 0 Å². The molecule has 2 aliphatic rings. The van der Waals surface area contributed by atoms with Gasteiger partial charge in [-0.2, -0.15) is 0 Å². The van der Waals surface area contributed by atoms with Gasteiger partial charge in [0.25, 0.3) is 0 Å². The second-order valence-electron chi connectivity index (χ2n) is 5.83. The van der Waals surface area contributed by atoms with Crippen LogP contribution in [0.1, 0.15) is 18.9 Å². The van der Waals surface area contributed by atoms with Crippen LogP contribution in [-0.4, -0.2) is 8.07 Å². The lowest BCUT2D eigenvalue weighted by Crippen LogP contribution is -2.55. The van der Waals surface area contributed by atoms with Gasteiger partial charge in [0.05, 0.1) is 8.07 Å². The Bertz CT molecular complexity index is 488. The summed E-state index contributed by atoms with van der Waals surface area (Å²) in [7, 11) is -1.49. The second-order valence-corrected chi connectivity index (χ2v) is 10.4. The maximum Gasteiger partial charge on any atom is 0.123 e. The minimum Gasteiger partial charge on any atom is -0.207 e. The van der Waals surface area contributed by atoms with Crippen molar-refractivity contribution in [3.05, 3.63) is 35.2 Å². The molecule has 2 unspecified atom stereocenters. The van der Waals surface area contributed by atoms with E-state index in [1.807, 2.05) is 6.07 Å². The molecule has 1 fully saturated rings. The molecule has 0 N–H and O–H groups in total. The van der Waals surface area contributed by atoms with Crippen LogP contribution in [0.2, 0.25) is 18.6 Å². The molecule has 1 aromatic carbocycles. The van der Waals surface area contributed by atoms with Gasteiger partial charge in [-0.05, 0) is 40.8 Å². The number of hydrogen-bond donors (Lipinski definition) is 0. The molecule has 16 heavy (non-hydrogen) atoms. The summed E-state index contributed by atoms with van der Waals surface area (Å²) in [6, 6.07) is 5.31. The molecule has 3 rings (SSSR count). The van der Waals surface area contributed by atoms with Crippen LogP contribution in [0.15, 0.2) is 23.8 Å². The van der Waals surface area contributed by atoms with Crippen molar-refractivity contribution in [1.82, 2.24) is 0 Å². The Balaban J connectivity index is 2.20. The molecule has 2 heteroatoms. The van der Waals surface area contributed by atoms with E-state index in [-0.39, 0.29) is 5.82 Å². The molecular formula is C14H17FSi. The molecule has 84 valence electrons. The highest BCUT2D eigenvalue weighted by Crippen LogP contribution is 2.53. The van der Waals surface area contributed by atoms with Gasteiger partial charge in [-0.1, -0.05) is 37.7 Å². The Morgan fingerprint density at radius 2 is 2.06 bits per heavy atom. The number of rotatable bonds is 0. The van der Waals surface area contributed by atoms with E-state index in [9.17, 15) is 4.39 Å². The lowest BCUT2D eigenvalue weighted by Gasteiger charge is -2.50. The van der Waals surface area contributed by atoms with Crippen LogP contribution in [0.3, 0.4) is 0 Å². The Kier molecular flexibility index (Phi) is 1.97. The van der Waals surface area contributed by atoms with E-state index < -0.39 is 8.07 Å². The lowest BCUT2D eigenvalue weighted by atomic mass is 9.79. The highest BCUT2D eigenvalue weighted by molar-refractivity contribution is 6.92. The average Bonchev–Trinajstić information content (AvgIpc) is 2.17. The number of halogens is 1. The van der Waals surface area contributed by atoms with Crippen LogP contribution in [0.4, 0.5) is 4.39 Å². The smallest absolute Gasteiger partial charge is 0.123 e. The van der Waals surface area contributed by atoms with E-state index in [1.165, 1.54) is 17.2 Å². The minimum atomic E-state index is -1.49. The van der Waals surface area contributed by atoms with Crippen molar-refractivity contribution >= 4 is 19.3 Å². The van der Waals surface area contributed by atoms with E-state index in [2.05, 4.69) is 26.1 Å². The minimum absolute atomic E-state index is 0.0804. The van der Waals surface area contributed by atoms with Crippen molar-refractivity contribution in [2.24, 2.45) is 5.92 Å². The second kappa shape index (κ2) is 3.07. The average molecular weight is 232 g/mol. The Morgan fingerprint density at radius 1 is 1.31 bits per heavy atom. The molecule has 0 amide bonds. The third-order valence-corrected chi connectivity index (χ3v) is 8.67. The van der Waals surface area contributed by atoms with Gasteiger partial charge in [-0.15, -0.1) is 0 Å². The molecule has 0 saturated heterocycles. The first-order chi connectivity index (χ1) is 7.50. The summed E-state index contributed by atoms with van der Waals surface area (Å²) in [6.45, 7) is 7.11. The quantitative estimate of drug-likeness (QED) is 0.600. The van der Waals surface area contributed by atoms with Crippen molar-refractivity contribution in [3.8, 4) is 0 Å². The molecule has 1 aliphatic carbocycles.